The van der Waals surface area contributed by atoms with Crippen molar-refractivity contribution in [1.29, 1.82) is 0 Å². The number of azide groups is 1. The summed E-state index contributed by atoms with van der Waals surface area (Å²) in [6.07, 6.45) is 0.104. The van der Waals surface area contributed by atoms with Crippen LogP contribution in [0.25, 0.3) is 10.4 Å². The molecule has 1 atom stereocenters. The third-order valence-electron chi connectivity index (χ3n) is 2.46. The fourth-order valence-electron chi connectivity index (χ4n) is 1.49. The molecule has 0 fully saturated rings. The second kappa shape index (κ2) is 7.03. The first kappa shape index (κ1) is 14.5. The summed E-state index contributed by atoms with van der Waals surface area (Å²) in [6, 6.07) is 5.80. The molecule has 1 aromatic carbocycles. The maximum atomic E-state index is 11.2. The summed E-state index contributed by atoms with van der Waals surface area (Å²) in [4.78, 5) is 24.5. The zero-order chi connectivity index (χ0) is 14.3. The van der Waals surface area contributed by atoms with E-state index in [1.54, 1.807) is 31.2 Å². The minimum Gasteiger partial charge on any atom is -0.481 e. The topological polar surface area (TPSA) is 115 Å². The molecule has 7 heteroatoms. The number of nitrogens with zero attached hydrogens (tertiary/aromatic N) is 3. The van der Waals surface area contributed by atoms with Gasteiger partial charge in [-0.15, -0.1) is 0 Å². The van der Waals surface area contributed by atoms with E-state index in [2.05, 4.69) is 15.3 Å². The highest BCUT2D eigenvalue weighted by Gasteiger charge is 2.13. The predicted octanol–water partition coefficient (Wildman–Crippen LogP) is 2.86. The second-order valence-corrected chi connectivity index (χ2v) is 3.84. The molecule has 0 saturated heterocycles. The number of hydrogen-bond acceptors (Lipinski definition) is 3. The van der Waals surface area contributed by atoms with Gasteiger partial charge >= 0.3 is 5.97 Å². The number of amides is 1. The van der Waals surface area contributed by atoms with E-state index in [1.807, 2.05) is 0 Å². The van der Waals surface area contributed by atoms with Crippen LogP contribution in [0.2, 0.25) is 0 Å². The summed E-state index contributed by atoms with van der Waals surface area (Å²) >= 11 is 0. The van der Waals surface area contributed by atoms with Crippen molar-refractivity contribution in [3.05, 3.63) is 40.3 Å². The van der Waals surface area contributed by atoms with Crippen LogP contribution >= 0.6 is 0 Å². The molecule has 0 aromatic heterocycles. The van der Waals surface area contributed by atoms with Gasteiger partial charge in [-0.2, -0.15) is 0 Å². The molecule has 1 unspecified atom stereocenters. The van der Waals surface area contributed by atoms with Gasteiger partial charge in [0.2, 0.25) is 5.91 Å². The lowest BCUT2D eigenvalue weighted by Gasteiger charge is -2.10. The maximum Gasteiger partial charge on any atom is 0.304 e. The van der Waals surface area contributed by atoms with Gasteiger partial charge in [-0.05, 0) is 23.2 Å². The van der Waals surface area contributed by atoms with Crippen molar-refractivity contribution < 1.29 is 14.7 Å². The van der Waals surface area contributed by atoms with E-state index in [1.165, 1.54) is 0 Å². The SMILES string of the molecule is CCC(=O)Nc1ccc(C(CC(=O)O)N=[N+]=[N-])cc1. The normalized spacial score (nSPS) is 11.2. The monoisotopic (exact) mass is 262 g/mol. The quantitative estimate of drug-likeness (QED) is 0.466. The highest BCUT2D eigenvalue weighted by atomic mass is 16.4. The minimum absolute atomic E-state index is 0.107. The van der Waals surface area contributed by atoms with Crippen molar-refractivity contribution in [1.82, 2.24) is 0 Å². The summed E-state index contributed by atoms with van der Waals surface area (Å²) in [5.41, 5.74) is 9.63. The summed E-state index contributed by atoms with van der Waals surface area (Å²) in [6.45, 7) is 1.74. The van der Waals surface area contributed by atoms with Crippen molar-refractivity contribution in [3.63, 3.8) is 0 Å². The number of carboxylic acid groups (broad SMARTS) is 1. The molecule has 0 saturated carbocycles. The third-order valence-corrected chi connectivity index (χ3v) is 2.46. The van der Waals surface area contributed by atoms with Crippen LogP contribution in [-0.4, -0.2) is 17.0 Å². The van der Waals surface area contributed by atoms with Gasteiger partial charge in [0.1, 0.15) is 0 Å². The Bertz CT molecular complexity index is 506. The van der Waals surface area contributed by atoms with Crippen molar-refractivity contribution in [3.8, 4) is 0 Å². The number of carbonyl (C=O) groups excluding carboxylic acids is 1. The fourth-order valence-corrected chi connectivity index (χ4v) is 1.49. The lowest BCUT2D eigenvalue weighted by Crippen LogP contribution is -2.09. The number of carbonyl (C=O) groups is 2. The van der Waals surface area contributed by atoms with Crippen LogP contribution in [0.4, 0.5) is 5.69 Å². The van der Waals surface area contributed by atoms with Crippen LogP contribution in [0.3, 0.4) is 0 Å². The number of nitrogens with one attached hydrogen (secondary N) is 1. The van der Waals surface area contributed by atoms with Crippen LogP contribution in [0.15, 0.2) is 29.4 Å². The molecule has 2 N–H and O–H groups in total. The Balaban J connectivity index is 2.85. The largest absolute Gasteiger partial charge is 0.481 e. The Kier molecular flexibility index (Phi) is 5.37. The number of anilines is 1. The van der Waals surface area contributed by atoms with Crippen molar-refractivity contribution in [2.45, 2.75) is 25.8 Å². The van der Waals surface area contributed by atoms with Crippen LogP contribution in [0.5, 0.6) is 0 Å². The van der Waals surface area contributed by atoms with Gasteiger partial charge in [-0.1, -0.05) is 24.2 Å². The highest BCUT2D eigenvalue weighted by molar-refractivity contribution is 5.90. The van der Waals surface area contributed by atoms with Gasteiger partial charge in [0, 0.05) is 17.0 Å². The summed E-state index contributed by atoms with van der Waals surface area (Å²) in [5, 5.41) is 14.9. The molecule has 1 aromatic rings. The summed E-state index contributed by atoms with van der Waals surface area (Å²) in [7, 11) is 0. The molecule has 19 heavy (non-hydrogen) atoms. The van der Waals surface area contributed by atoms with Gasteiger partial charge < -0.3 is 10.4 Å². The maximum absolute atomic E-state index is 11.2. The van der Waals surface area contributed by atoms with E-state index in [-0.39, 0.29) is 12.3 Å². The Morgan fingerprint density at radius 1 is 1.42 bits per heavy atom. The number of carboxylic acids is 1. The average molecular weight is 262 g/mol. The number of rotatable bonds is 6. The van der Waals surface area contributed by atoms with Gasteiger partial charge in [0.25, 0.3) is 0 Å². The molecule has 100 valence electrons. The van der Waals surface area contributed by atoms with Gasteiger partial charge in [-0.3, -0.25) is 9.59 Å². The molecular weight excluding hydrogens is 248 g/mol. The molecule has 0 spiro atoms. The number of aliphatic carboxylic acids is 1. The van der Waals surface area contributed by atoms with Crippen molar-refractivity contribution in [2.24, 2.45) is 5.11 Å². The zero-order valence-electron chi connectivity index (χ0n) is 10.4. The summed E-state index contributed by atoms with van der Waals surface area (Å²) in [5.74, 6) is -1.15. The van der Waals surface area contributed by atoms with Gasteiger partial charge in [0.15, 0.2) is 0 Å². The van der Waals surface area contributed by atoms with Crippen LogP contribution < -0.4 is 5.32 Å². The highest BCUT2D eigenvalue weighted by Crippen LogP contribution is 2.23. The molecule has 0 aliphatic carbocycles. The molecular formula is C12H14N4O3. The first-order chi connectivity index (χ1) is 9.06. The smallest absolute Gasteiger partial charge is 0.304 e. The predicted molar refractivity (Wildman–Crippen MR) is 69.5 cm³/mol. The summed E-state index contributed by atoms with van der Waals surface area (Å²) < 4.78 is 0. The fraction of sp³-hybridized carbons (Fsp3) is 0.333. The molecule has 0 aliphatic rings. The van der Waals surface area contributed by atoms with E-state index < -0.39 is 12.0 Å². The minimum atomic E-state index is -1.04. The Labute approximate surface area is 109 Å². The first-order valence-electron chi connectivity index (χ1n) is 5.72. The zero-order valence-corrected chi connectivity index (χ0v) is 10.4. The average Bonchev–Trinajstić information content (AvgIpc) is 2.38. The molecule has 1 rings (SSSR count). The second-order valence-electron chi connectivity index (χ2n) is 3.84. The van der Waals surface area contributed by atoms with E-state index in [4.69, 9.17) is 10.6 Å². The lowest BCUT2D eigenvalue weighted by molar-refractivity contribution is -0.137. The van der Waals surface area contributed by atoms with Gasteiger partial charge in [0.05, 0.1) is 12.5 Å². The van der Waals surface area contributed by atoms with E-state index in [9.17, 15) is 9.59 Å². The van der Waals surface area contributed by atoms with Crippen LogP contribution in [0, 0.1) is 0 Å². The number of hydrogen-bond donors (Lipinski definition) is 2. The standard InChI is InChI=1S/C12H14N4O3/c1-2-11(17)14-9-5-3-8(4-6-9)10(15-16-13)7-12(18)19/h3-6,10H,2,7H2,1H3,(H,14,17)(H,18,19). The van der Waals surface area contributed by atoms with E-state index in [0.717, 1.165) is 0 Å². The molecule has 0 aliphatic heterocycles. The van der Waals surface area contributed by atoms with Gasteiger partial charge in [-0.25, -0.2) is 0 Å². The van der Waals surface area contributed by atoms with Crippen LogP contribution in [0.1, 0.15) is 31.4 Å². The Morgan fingerprint density at radius 2 is 2.05 bits per heavy atom. The third kappa shape index (κ3) is 4.69. The van der Waals surface area contributed by atoms with Crippen molar-refractivity contribution >= 4 is 17.6 Å². The van der Waals surface area contributed by atoms with Crippen LogP contribution in [-0.2, 0) is 9.59 Å². The van der Waals surface area contributed by atoms with E-state index >= 15 is 0 Å². The van der Waals surface area contributed by atoms with Crippen molar-refractivity contribution in [2.75, 3.05) is 5.32 Å². The first-order valence-corrected chi connectivity index (χ1v) is 5.72. The number of benzene rings is 1. The Hall–Kier alpha value is -2.53. The molecule has 7 nitrogen and oxygen atoms in total. The molecule has 1 amide bonds. The Morgan fingerprint density at radius 3 is 2.53 bits per heavy atom. The molecule has 0 bridgehead atoms. The molecule has 0 heterocycles. The van der Waals surface area contributed by atoms with E-state index in [0.29, 0.717) is 17.7 Å². The lowest BCUT2D eigenvalue weighted by atomic mass is 10.0. The molecule has 0 radical (unpaired) electrons.